The number of Topliss-reactive ketones (excluding diaryl/α,β-unsaturated/α-hetero) is 2. The SMILES string of the molecule is C/C=C(/C)C(=O)O[C@H]1C(C)(C)[C@H](CC(=O)OC)[C@]2(C)C(=O)[C@@]1(O)C=C1[C@@H]2CC[C@@](C)(C(=O)c2ccoc2)[C@@]1(O)CC(=O)OC. The maximum Gasteiger partial charge on any atom is 0.333 e. The third kappa shape index (κ3) is 4.58. The van der Waals surface area contributed by atoms with Crippen LogP contribution < -0.4 is 0 Å². The molecule has 240 valence electrons. The molecule has 4 rings (SSSR count). The van der Waals surface area contributed by atoms with E-state index in [1.54, 1.807) is 27.7 Å². The van der Waals surface area contributed by atoms with Crippen LogP contribution in [-0.2, 0) is 33.4 Å². The molecule has 0 unspecified atom stereocenters. The Morgan fingerprint density at radius 3 is 2.25 bits per heavy atom. The van der Waals surface area contributed by atoms with Crippen molar-refractivity contribution in [3.63, 3.8) is 0 Å². The Balaban J connectivity index is 2.04. The van der Waals surface area contributed by atoms with Crippen LogP contribution in [-0.4, -0.2) is 71.2 Å². The molecule has 3 aliphatic rings. The van der Waals surface area contributed by atoms with Crippen LogP contribution in [0.2, 0.25) is 0 Å². The minimum absolute atomic E-state index is 0.0537. The van der Waals surface area contributed by atoms with Crippen LogP contribution in [0.1, 0.15) is 77.6 Å². The second-order valence-corrected chi connectivity index (χ2v) is 13.3. The molecular weight excluding hydrogens is 572 g/mol. The minimum Gasteiger partial charge on any atom is -0.472 e. The second kappa shape index (κ2) is 11.1. The molecule has 1 aromatic rings. The third-order valence-corrected chi connectivity index (χ3v) is 10.8. The number of carbonyl (C=O) groups is 5. The number of fused-ring (bicyclic) bond motifs is 4. The van der Waals surface area contributed by atoms with Crippen molar-refractivity contribution in [3.05, 3.63) is 47.5 Å². The largest absolute Gasteiger partial charge is 0.472 e. The average molecular weight is 615 g/mol. The highest BCUT2D eigenvalue weighted by Gasteiger charge is 2.75. The molecule has 1 aromatic heterocycles. The first-order valence-corrected chi connectivity index (χ1v) is 14.7. The van der Waals surface area contributed by atoms with Gasteiger partial charge in [-0.15, -0.1) is 0 Å². The van der Waals surface area contributed by atoms with E-state index >= 15 is 0 Å². The van der Waals surface area contributed by atoms with Gasteiger partial charge in [0.25, 0.3) is 0 Å². The monoisotopic (exact) mass is 614 g/mol. The van der Waals surface area contributed by atoms with E-state index < -0.39 is 81.3 Å². The van der Waals surface area contributed by atoms with Gasteiger partial charge in [-0.25, -0.2) is 4.79 Å². The predicted octanol–water partition coefficient (Wildman–Crippen LogP) is 3.52. The highest BCUT2D eigenvalue weighted by Crippen LogP contribution is 2.67. The van der Waals surface area contributed by atoms with Gasteiger partial charge < -0.3 is 28.8 Å². The zero-order valence-electron chi connectivity index (χ0n) is 26.5. The summed E-state index contributed by atoms with van der Waals surface area (Å²) < 4.78 is 21.0. The molecule has 0 spiro atoms. The van der Waals surface area contributed by atoms with E-state index in [4.69, 9.17) is 18.6 Å². The lowest BCUT2D eigenvalue weighted by Gasteiger charge is -2.65. The molecule has 0 aliphatic heterocycles. The first-order chi connectivity index (χ1) is 20.4. The molecule has 11 nitrogen and oxygen atoms in total. The van der Waals surface area contributed by atoms with Crippen LogP contribution in [0.5, 0.6) is 0 Å². The number of rotatable bonds is 8. The highest BCUT2D eigenvalue weighted by atomic mass is 16.6. The summed E-state index contributed by atoms with van der Waals surface area (Å²) in [7, 11) is 2.37. The Morgan fingerprint density at radius 2 is 1.70 bits per heavy atom. The van der Waals surface area contributed by atoms with Gasteiger partial charge in [0, 0.05) is 22.8 Å². The summed E-state index contributed by atoms with van der Waals surface area (Å²) in [5.74, 6) is -5.07. The average Bonchev–Trinajstić information content (AvgIpc) is 3.53. The van der Waals surface area contributed by atoms with E-state index in [-0.39, 0.29) is 36.0 Å². The molecule has 0 radical (unpaired) electrons. The zero-order valence-corrected chi connectivity index (χ0v) is 26.5. The summed E-state index contributed by atoms with van der Waals surface area (Å²) >= 11 is 0. The number of furan rings is 1. The van der Waals surface area contributed by atoms with Gasteiger partial charge >= 0.3 is 17.9 Å². The lowest BCUT2D eigenvalue weighted by atomic mass is 9.39. The maximum atomic E-state index is 14.6. The van der Waals surface area contributed by atoms with Gasteiger partial charge in [0.15, 0.2) is 17.2 Å². The molecule has 0 saturated heterocycles. The summed E-state index contributed by atoms with van der Waals surface area (Å²) in [6, 6.07) is 1.45. The minimum atomic E-state index is -2.48. The van der Waals surface area contributed by atoms with Crippen molar-refractivity contribution in [1.29, 1.82) is 0 Å². The normalized spacial score (nSPS) is 36.0. The van der Waals surface area contributed by atoms with Crippen molar-refractivity contribution in [2.45, 2.75) is 84.5 Å². The van der Waals surface area contributed by atoms with Crippen LogP contribution in [0.25, 0.3) is 0 Å². The van der Waals surface area contributed by atoms with Crippen molar-refractivity contribution in [3.8, 4) is 0 Å². The van der Waals surface area contributed by atoms with Crippen LogP contribution in [0.15, 0.2) is 46.3 Å². The van der Waals surface area contributed by atoms with Gasteiger partial charge in [0.05, 0.1) is 37.9 Å². The van der Waals surface area contributed by atoms with Crippen molar-refractivity contribution in [1.82, 2.24) is 0 Å². The summed E-state index contributed by atoms with van der Waals surface area (Å²) in [5, 5.41) is 25.1. The molecule has 2 saturated carbocycles. The molecule has 2 bridgehead atoms. The summed E-state index contributed by atoms with van der Waals surface area (Å²) in [5.41, 5.74) is -8.58. The second-order valence-electron chi connectivity index (χ2n) is 13.3. The van der Waals surface area contributed by atoms with Crippen LogP contribution in [0.3, 0.4) is 0 Å². The van der Waals surface area contributed by atoms with Crippen LogP contribution >= 0.6 is 0 Å². The van der Waals surface area contributed by atoms with E-state index in [1.165, 1.54) is 51.7 Å². The fourth-order valence-electron chi connectivity index (χ4n) is 8.13. The zero-order chi connectivity index (χ0) is 33.0. The molecule has 44 heavy (non-hydrogen) atoms. The predicted molar refractivity (Wildman–Crippen MR) is 155 cm³/mol. The smallest absolute Gasteiger partial charge is 0.333 e. The molecule has 0 amide bonds. The van der Waals surface area contributed by atoms with Gasteiger partial charge in [-0.05, 0) is 63.2 Å². The highest BCUT2D eigenvalue weighted by molar-refractivity contribution is 6.03. The number of methoxy groups -OCH3 is 2. The number of carbonyl (C=O) groups excluding carboxylic acids is 5. The summed E-state index contributed by atoms with van der Waals surface area (Å²) in [6.07, 6.45) is 3.08. The molecule has 2 N–H and O–H groups in total. The first-order valence-electron chi connectivity index (χ1n) is 14.7. The van der Waals surface area contributed by atoms with Crippen molar-refractivity contribution >= 4 is 29.5 Å². The molecule has 7 atom stereocenters. The fraction of sp³-hybridized carbons (Fsp3) is 0.606. The molecule has 1 heterocycles. The lowest BCUT2D eigenvalue weighted by molar-refractivity contribution is -0.224. The Hall–Kier alpha value is -3.57. The summed E-state index contributed by atoms with van der Waals surface area (Å²) in [4.78, 5) is 67.5. The van der Waals surface area contributed by atoms with E-state index in [2.05, 4.69) is 0 Å². The van der Waals surface area contributed by atoms with Gasteiger partial charge in [-0.3, -0.25) is 19.2 Å². The number of esters is 3. The third-order valence-electron chi connectivity index (χ3n) is 10.8. The Labute approximate surface area is 256 Å². The number of ketones is 2. The van der Waals surface area contributed by atoms with Crippen molar-refractivity contribution < 1.29 is 52.8 Å². The molecular formula is C33H42O11. The van der Waals surface area contributed by atoms with Crippen molar-refractivity contribution in [2.75, 3.05) is 14.2 Å². The molecule has 2 fully saturated rings. The number of aliphatic hydroxyl groups is 2. The Kier molecular flexibility index (Phi) is 8.41. The molecule has 0 aromatic carbocycles. The number of ether oxygens (including phenoxy) is 3. The standard InChI is InChI=1S/C33H42O11/c1-9-18(2)26(37)44-28-29(3,4)22(14-23(34)41-7)31(6)20-10-12-30(5,25(36)19-11-13-43-17-19)33(40,16-24(35)42-8)21(20)15-32(28,39)27(31)38/h9,11,13,15,17,20,22,28,39-40H,10,12,14,16H2,1-8H3/b18-9-/t20-,22-,28-,30-,31+,32-,33+/m0/s1. The van der Waals surface area contributed by atoms with Gasteiger partial charge in [0.1, 0.15) is 18.0 Å². The quantitative estimate of drug-likeness (QED) is 0.145. The topological polar surface area (TPSA) is 167 Å². The molecule has 3 aliphatic carbocycles. The Morgan fingerprint density at radius 1 is 1.07 bits per heavy atom. The number of allylic oxidation sites excluding steroid dienone is 1. The number of hydrogen-bond donors (Lipinski definition) is 2. The maximum absolute atomic E-state index is 14.6. The first kappa shape index (κ1) is 33.3. The molecule has 11 heteroatoms. The van der Waals surface area contributed by atoms with Crippen LogP contribution in [0, 0.1) is 28.1 Å². The summed E-state index contributed by atoms with van der Waals surface area (Å²) in [6.45, 7) is 9.76. The van der Waals surface area contributed by atoms with Gasteiger partial charge in [0.2, 0.25) is 0 Å². The lowest BCUT2D eigenvalue weighted by Crippen LogP contribution is -2.75. The van der Waals surface area contributed by atoms with E-state index in [1.807, 2.05) is 0 Å². The van der Waals surface area contributed by atoms with E-state index in [0.29, 0.717) is 0 Å². The van der Waals surface area contributed by atoms with Crippen molar-refractivity contribution in [2.24, 2.45) is 28.1 Å². The van der Waals surface area contributed by atoms with E-state index in [0.717, 1.165) is 7.11 Å². The van der Waals surface area contributed by atoms with Gasteiger partial charge in [-0.1, -0.05) is 26.8 Å². The van der Waals surface area contributed by atoms with Crippen LogP contribution in [0.4, 0.5) is 0 Å². The Bertz CT molecular complexity index is 1440. The van der Waals surface area contributed by atoms with Gasteiger partial charge in [-0.2, -0.15) is 0 Å². The fourth-order valence-corrected chi connectivity index (χ4v) is 8.13. The number of hydrogen-bond acceptors (Lipinski definition) is 11. The van der Waals surface area contributed by atoms with E-state index in [9.17, 15) is 34.2 Å².